The molecule has 0 aromatic carbocycles. The third-order valence-corrected chi connectivity index (χ3v) is 3.79. The minimum absolute atomic E-state index is 0.183. The highest BCUT2D eigenvalue weighted by molar-refractivity contribution is 5.83. The van der Waals surface area contributed by atoms with E-state index in [4.69, 9.17) is 4.74 Å². The molecular formula is C13H26N2O2. The fourth-order valence-electron chi connectivity index (χ4n) is 2.47. The van der Waals surface area contributed by atoms with Crippen LogP contribution < -0.4 is 5.32 Å². The normalized spacial score (nSPS) is 24.3. The van der Waals surface area contributed by atoms with Gasteiger partial charge in [0.15, 0.2) is 0 Å². The molecule has 0 aromatic heterocycles. The van der Waals surface area contributed by atoms with Gasteiger partial charge in [-0.25, -0.2) is 0 Å². The van der Waals surface area contributed by atoms with Crippen molar-refractivity contribution in [2.24, 2.45) is 5.41 Å². The van der Waals surface area contributed by atoms with E-state index < -0.39 is 0 Å². The number of carbonyl (C=O) groups is 1. The average molecular weight is 242 g/mol. The number of amides is 1. The van der Waals surface area contributed by atoms with E-state index in [0.717, 1.165) is 25.9 Å². The molecule has 0 aromatic rings. The number of rotatable bonds is 6. The first kappa shape index (κ1) is 14.5. The van der Waals surface area contributed by atoms with Gasteiger partial charge in [0.2, 0.25) is 5.91 Å². The second kappa shape index (κ2) is 6.36. The lowest BCUT2D eigenvalue weighted by Gasteiger charge is -2.35. The van der Waals surface area contributed by atoms with Gasteiger partial charge in [0, 0.05) is 26.2 Å². The second-order valence-electron chi connectivity index (χ2n) is 5.15. The summed E-state index contributed by atoms with van der Waals surface area (Å²) in [7, 11) is 1.68. The van der Waals surface area contributed by atoms with Crippen LogP contribution in [0.4, 0.5) is 0 Å². The van der Waals surface area contributed by atoms with Crippen molar-refractivity contribution in [2.45, 2.75) is 39.7 Å². The molecule has 100 valence electrons. The molecule has 1 aliphatic rings. The molecule has 1 saturated heterocycles. The molecule has 1 aliphatic heterocycles. The smallest absolute Gasteiger partial charge is 0.230 e. The first-order chi connectivity index (χ1) is 8.07. The topological polar surface area (TPSA) is 41.6 Å². The van der Waals surface area contributed by atoms with Crippen molar-refractivity contribution in [1.29, 1.82) is 0 Å². The molecule has 1 heterocycles. The molecular weight excluding hydrogens is 216 g/mol. The van der Waals surface area contributed by atoms with Crippen LogP contribution in [0.3, 0.4) is 0 Å². The van der Waals surface area contributed by atoms with Crippen molar-refractivity contribution >= 4 is 5.91 Å². The van der Waals surface area contributed by atoms with Crippen LogP contribution in [-0.2, 0) is 9.53 Å². The van der Waals surface area contributed by atoms with Gasteiger partial charge in [-0.1, -0.05) is 6.92 Å². The van der Waals surface area contributed by atoms with Crippen molar-refractivity contribution in [3.8, 4) is 0 Å². The van der Waals surface area contributed by atoms with Gasteiger partial charge in [0.05, 0.1) is 12.0 Å². The van der Waals surface area contributed by atoms with E-state index in [0.29, 0.717) is 13.2 Å². The molecule has 4 nitrogen and oxygen atoms in total. The lowest BCUT2D eigenvalue weighted by Crippen LogP contribution is -2.49. The van der Waals surface area contributed by atoms with Crippen LogP contribution in [0.15, 0.2) is 0 Å². The van der Waals surface area contributed by atoms with Crippen LogP contribution in [0.5, 0.6) is 0 Å². The molecule has 1 fully saturated rings. The van der Waals surface area contributed by atoms with Gasteiger partial charge in [-0.2, -0.15) is 0 Å². The summed E-state index contributed by atoms with van der Waals surface area (Å²) in [6.07, 6.45) is 1.87. The Hall–Kier alpha value is -0.610. The maximum absolute atomic E-state index is 12.7. The Morgan fingerprint density at radius 2 is 2.24 bits per heavy atom. The zero-order valence-corrected chi connectivity index (χ0v) is 11.6. The molecule has 17 heavy (non-hydrogen) atoms. The van der Waals surface area contributed by atoms with Gasteiger partial charge in [-0.05, 0) is 33.2 Å². The zero-order valence-electron chi connectivity index (χ0n) is 11.6. The highest BCUT2D eigenvalue weighted by Crippen LogP contribution is 2.32. The quantitative estimate of drug-likeness (QED) is 0.762. The van der Waals surface area contributed by atoms with Crippen molar-refractivity contribution in [2.75, 3.05) is 33.4 Å². The molecule has 1 atom stereocenters. The minimum atomic E-state index is -0.183. The first-order valence-corrected chi connectivity index (χ1v) is 6.58. The molecule has 1 rings (SSSR count). The summed E-state index contributed by atoms with van der Waals surface area (Å²) in [5.41, 5.74) is -0.183. The third-order valence-electron chi connectivity index (χ3n) is 3.79. The Kier molecular flexibility index (Phi) is 5.40. The average Bonchev–Trinajstić information content (AvgIpc) is 2.78. The van der Waals surface area contributed by atoms with E-state index in [2.05, 4.69) is 26.1 Å². The standard InChI is InChI=1S/C13H26N2O2/c1-5-13(6-7-14-10-13)12(16)15(11(2)3)8-9-17-4/h11,14H,5-10H2,1-4H3. The summed E-state index contributed by atoms with van der Waals surface area (Å²) in [5.74, 6) is 0.289. The van der Waals surface area contributed by atoms with E-state index in [1.54, 1.807) is 7.11 Å². The molecule has 0 radical (unpaired) electrons. The van der Waals surface area contributed by atoms with Crippen molar-refractivity contribution < 1.29 is 9.53 Å². The fraction of sp³-hybridized carbons (Fsp3) is 0.923. The van der Waals surface area contributed by atoms with Crippen LogP contribution in [0.25, 0.3) is 0 Å². The molecule has 0 saturated carbocycles. The summed E-state index contributed by atoms with van der Waals surface area (Å²) in [5, 5.41) is 3.32. The van der Waals surface area contributed by atoms with Gasteiger partial charge in [0.1, 0.15) is 0 Å². The van der Waals surface area contributed by atoms with Crippen LogP contribution >= 0.6 is 0 Å². The van der Waals surface area contributed by atoms with Crippen LogP contribution in [0, 0.1) is 5.41 Å². The lowest BCUT2D eigenvalue weighted by molar-refractivity contribution is -0.143. The lowest BCUT2D eigenvalue weighted by atomic mass is 9.82. The number of hydrogen-bond donors (Lipinski definition) is 1. The molecule has 4 heteroatoms. The van der Waals surface area contributed by atoms with E-state index >= 15 is 0 Å². The highest BCUT2D eigenvalue weighted by atomic mass is 16.5. The third kappa shape index (κ3) is 3.19. The number of hydrogen-bond acceptors (Lipinski definition) is 3. The van der Waals surface area contributed by atoms with Gasteiger partial charge in [-0.15, -0.1) is 0 Å². The fourth-order valence-corrected chi connectivity index (χ4v) is 2.47. The largest absolute Gasteiger partial charge is 0.383 e. The summed E-state index contributed by atoms with van der Waals surface area (Å²) in [4.78, 5) is 14.6. The van der Waals surface area contributed by atoms with E-state index in [1.165, 1.54) is 0 Å². The van der Waals surface area contributed by atoms with Gasteiger partial charge in [-0.3, -0.25) is 4.79 Å². The molecule has 1 amide bonds. The maximum atomic E-state index is 12.7. The second-order valence-corrected chi connectivity index (χ2v) is 5.15. The summed E-state index contributed by atoms with van der Waals surface area (Å²) in [6.45, 7) is 9.32. The van der Waals surface area contributed by atoms with Gasteiger partial charge < -0.3 is 15.0 Å². The summed E-state index contributed by atoms with van der Waals surface area (Å²) in [6, 6.07) is 0.238. The monoisotopic (exact) mass is 242 g/mol. The van der Waals surface area contributed by atoms with E-state index in [-0.39, 0.29) is 17.4 Å². The molecule has 0 aliphatic carbocycles. The number of nitrogens with one attached hydrogen (secondary N) is 1. The van der Waals surface area contributed by atoms with Crippen LogP contribution in [0.1, 0.15) is 33.6 Å². The predicted molar refractivity (Wildman–Crippen MR) is 68.9 cm³/mol. The molecule has 1 unspecified atom stereocenters. The van der Waals surface area contributed by atoms with Gasteiger partial charge >= 0.3 is 0 Å². The SMILES string of the molecule is CCC1(C(=O)N(CCOC)C(C)C)CCNC1. The maximum Gasteiger partial charge on any atom is 0.230 e. The van der Waals surface area contributed by atoms with Crippen molar-refractivity contribution in [3.63, 3.8) is 0 Å². The van der Waals surface area contributed by atoms with Crippen molar-refractivity contribution in [1.82, 2.24) is 10.2 Å². The molecule has 1 N–H and O–H groups in total. The molecule has 0 bridgehead atoms. The number of carbonyl (C=O) groups excluding carboxylic acids is 1. The Morgan fingerprint density at radius 3 is 2.65 bits per heavy atom. The number of methoxy groups -OCH3 is 1. The Bertz CT molecular complexity index is 248. The van der Waals surface area contributed by atoms with Crippen LogP contribution in [0.2, 0.25) is 0 Å². The van der Waals surface area contributed by atoms with E-state index in [1.807, 2.05) is 4.90 Å². The van der Waals surface area contributed by atoms with E-state index in [9.17, 15) is 4.79 Å². The number of nitrogens with zero attached hydrogens (tertiary/aromatic N) is 1. The minimum Gasteiger partial charge on any atom is -0.383 e. The molecule has 0 spiro atoms. The highest BCUT2D eigenvalue weighted by Gasteiger charge is 2.42. The van der Waals surface area contributed by atoms with Gasteiger partial charge in [0.25, 0.3) is 0 Å². The Labute approximate surface area is 105 Å². The predicted octanol–water partition coefficient (Wildman–Crippen LogP) is 1.26. The Morgan fingerprint density at radius 1 is 1.53 bits per heavy atom. The zero-order chi connectivity index (χ0) is 12.9. The van der Waals surface area contributed by atoms with Crippen LogP contribution in [-0.4, -0.2) is 50.2 Å². The van der Waals surface area contributed by atoms with Crippen molar-refractivity contribution in [3.05, 3.63) is 0 Å². The first-order valence-electron chi connectivity index (χ1n) is 6.58. The Balaban J connectivity index is 2.75. The number of ether oxygens (including phenoxy) is 1. The summed E-state index contributed by atoms with van der Waals surface area (Å²) >= 11 is 0. The summed E-state index contributed by atoms with van der Waals surface area (Å²) < 4.78 is 5.09.